The fourth-order valence-corrected chi connectivity index (χ4v) is 3.87. The van der Waals surface area contributed by atoms with Gasteiger partial charge in [-0.25, -0.2) is 8.42 Å². The van der Waals surface area contributed by atoms with Crippen LogP contribution >= 0.6 is 0 Å². The van der Waals surface area contributed by atoms with Crippen molar-refractivity contribution in [2.45, 2.75) is 30.5 Å². The van der Waals surface area contributed by atoms with Gasteiger partial charge in [0.25, 0.3) is 5.91 Å². The summed E-state index contributed by atoms with van der Waals surface area (Å²) in [6.45, 7) is 1.53. The zero-order valence-electron chi connectivity index (χ0n) is 17.1. The van der Waals surface area contributed by atoms with E-state index in [0.717, 1.165) is 24.6 Å². The highest BCUT2D eigenvalue weighted by Gasteiger charge is 2.35. The van der Waals surface area contributed by atoms with Crippen LogP contribution in [0.1, 0.15) is 29.5 Å². The third-order valence-corrected chi connectivity index (χ3v) is 6.07. The maximum absolute atomic E-state index is 13.1. The van der Waals surface area contributed by atoms with Crippen LogP contribution in [0.15, 0.2) is 70.2 Å². The van der Waals surface area contributed by atoms with Gasteiger partial charge in [0.15, 0.2) is 15.6 Å². The number of nitrogens with zero attached hydrogens (tertiary/aromatic N) is 1. The number of amides is 1. The van der Waals surface area contributed by atoms with E-state index in [1.54, 1.807) is 0 Å². The molecule has 6 nitrogen and oxygen atoms in total. The van der Waals surface area contributed by atoms with Crippen molar-refractivity contribution in [1.29, 1.82) is 0 Å². The Hall–Kier alpha value is -3.27. The van der Waals surface area contributed by atoms with Gasteiger partial charge in [0.2, 0.25) is 0 Å². The second-order valence-electron chi connectivity index (χ2n) is 7.33. The fraction of sp³-hybridized carbons (Fsp3) is 0.227. The van der Waals surface area contributed by atoms with Crippen LogP contribution in [0.5, 0.6) is 0 Å². The van der Waals surface area contributed by atoms with E-state index >= 15 is 0 Å². The van der Waals surface area contributed by atoms with Crippen molar-refractivity contribution in [3.8, 4) is 0 Å². The number of hydrogen-bond acceptors (Lipinski definition) is 5. The molecule has 1 atom stereocenters. The summed E-state index contributed by atoms with van der Waals surface area (Å²) in [5, 5.41) is 2.55. The maximum Gasteiger partial charge on any atom is 0.416 e. The van der Waals surface area contributed by atoms with Crippen molar-refractivity contribution in [1.82, 2.24) is 5.32 Å². The average Bonchev–Trinajstić information content (AvgIpc) is 2.71. The number of hydrogen-bond donors (Lipinski definition) is 1. The number of Topliss-reactive ketones (excluding diaryl/α,β-unsaturated/α-hetero) is 1. The van der Waals surface area contributed by atoms with E-state index in [1.807, 2.05) is 0 Å². The van der Waals surface area contributed by atoms with Gasteiger partial charge in [-0.05, 0) is 36.2 Å². The fourth-order valence-electron chi connectivity index (χ4n) is 3.24. The summed E-state index contributed by atoms with van der Waals surface area (Å²) in [4.78, 5) is 29.7. The first-order chi connectivity index (χ1) is 14.9. The van der Waals surface area contributed by atoms with Crippen LogP contribution < -0.4 is 5.32 Å². The van der Waals surface area contributed by atoms with E-state index in [2.05, 4.69) is 10.3 Å². The summed E-state index contributed by atoms with van der Waals surface area (Å²) in [5.74, 6) is -2.48. The molecule has 1 N–H and O–H groups in total. The molecule has 1 heterocycles. The number of sulfone groups is 1. The Morgan fingerprint density at radius 3 is 2.38 bits per heavy atom. The van der Waals surface area contributed by atoms with Gasteiger partial charge in [-0.3, -0.25) is 14.6 Å². The Morgan fingerprint density at radius 2 is 1.78 bits per heavy atom. The molecule has 0 fully saturated rings. The Balaban J connectivity index is 1.76. The van der Waals surface area contributed by atoms with Gasteiger partial charge in [-0.2, -0.15) is 13.2 Å². The summed E-state index contributed by atoms with van der Waals surface area (Å²) >= 11 is 0. The van der Waals surface area contributed by atoms with Gasteiger partial charge >= 0.3 is 6.18 Å². The number of nitrogens with one attached hydrogen (secondary N) is 1. The smallest absolute Gasteiger partial charge is 0.348 e. The van der Waals surface area contributed by atoms with Crippen molar-refractivity contribution in [2.75, 3.05) is 6.26 Å². The molecule has 0 bridgehead atoms. The number of rotatable bonds is 5. The lowest BCUT2D eigenvalue weighted by atomic mass is 9.84. The summed E-state index contributed by atoms with van der Waals surface area (Å²) < 4.78 is 62.2. The molecule has 0 radical (unpaired) electrons. The van der Waals surface area contributed by atoms with E-state index < -0.39 is 39.2 Å². The number of carbonyl (C=O) groups excluding carboxylic acids is 2. The van der Waals surface area contributed by atoms with Gasteiger partial charge in [-0.1, -0.05) is 30.3 Å². The monoisotopic (exact) mass is 464 g/mol. The van der Waals surface area contributed by atoms with Gasteiger partial charge < -0.3 is 5.32 Å². The molecule has 3 rings (SSSR count). The number of halogens is 3. The lowest BCUT2D eigenvalue weighted by Gasteiger charge is -2.21. The number of carbonyl (C=O) groups is 2. The number of aliphatic imine (C=N–C) groups is 1. The maximum atomic E-state index is 13.1. The zero-order valence-corrected chi connectivity index (χ0v) is 17.9. The first-order valence-corrected chi connectivity index (χ1v) is 11.3. The van der Waals surface area contributed by atoms with Crippen molar-refractivity contribution in [3.63, 3.8) is 0 Å². The highest BCUT2D eigenvalue weighted by Crippen LogP contribution is 2.33. The van der Waals surface area contributed by atoms with E-state index in [9.17, 15) is 31.2 Å². The highest BCUT2D eigenvalue weighted by molar-refractivity contribution is 7.90. The van der Waals surface area contributed by atoms with Crippen molar-refractivity contribution >= 4 is 27.2 Å². The average molecular weight is 464 g/mol. The molecule has 0 aromatic heterocycles. The van der Waals surface area contributed by atoms with E-state index in [1.165, 1.54) is 43.3 Å². The van der Waals surface area contributed by atoms with Crippen LogP contribution in [-0.2, 0) is 32.1 Å². The third kappa shape index (κ3) is 5.13. The summed E-state index contributed by atoms with van der Waals surface area (Å²) in [6.07, 6.45) is -2.39. The van der Waals surface area contributed by atoms with Crippen molar-refractivity contribution < 1.29 is 31.2 Å². The molecule has 0 saturated carbocycles. The van der Waals surface area contributed by atoms with Crippen LogP contribution in [0, 0.1) is 0 Å². The second-order valence-corrected chi connectivity index (χ2v) is 9.35. The minimum Gasteiger partial charge on any atom is -0.348 e. The molecule has 1 amide bonds. The quantitative estimate of drug-likeness (QED) is 0.687. The van der Waals surface area contributed by atoms with E-state index in [-0.39, 0.29) is 28.3 Å². The lowest BCUT2D eigenvalue weighted by molar-refractivity contribution is -0.137. The van der Waals surface area contributed by atoms with Crippen LogP contribution in [0.4, 0.5) is 13.2 Å². The zero-order chi connectivity index (χ0) is 23.7. The highest BCUT2D eigenvalue weighted by atomic mass is 32.2. The molecule has 1 aliphatic rings. The molecule has 0 saturated heterocycles. The first-order valence-electron chi connectivity index (χ1n) is 9.41. The first kappa shape index (κ1) is 23.4. The molecule has 10 heteroatoms. The van der Waals surface area contributed by atoms with Crippen LogP contribution in [-0.4, -0.2) is 32.1 Å². The molecule has 1 aliphatic heterocycles. The Labute approximate surface area is 182 Å². The SMILES string of the molecule is CC1=NC=C(C(=O)NCc2ccc(S(C)(=O)=O)cc2)C(=O)C1c1cccc(C(F)(F)F)c1. The van der Waals surface area contributed by atoms with Crippen LogP contribution in [0.2, 0.25) is 0 Å². The molecular weight excluding hydrogens is 445 g/mol. The molecule has 1 unspecified atom stereocenters. The predicted molar refractivity (Wildman–Crippen MR) is 112 cm³/mol. The Morgan fingerprint density at radius 1 is 1.12 bits per heavy atom. The van der Waals surface area contributed by atoms with Crippen LogP contribution in [0.25, 0.3) is 0 Å². The topological polar surface area (TPSA) is 92.7 Å². The number of benzene rings is 2. The molecule has 2 aromatic rings. The minimum atomic E-state index is -4.57. The normalized spacial score (nSPS) is 16.9. The minimum absolute atomic E-state index is 0.0183. The summed E-state index contributed by atoms with van der Waals surface area (Å²) in [5.41, 5.74) is -0.189. The molecule has 0 spiro atoms. The van der Waals surface area contributed by atoms with Gasteiger partial charge in [-0.15, -0.1) is 0 Å². The van der Waals surface area contributed by atoms with Gasteiger partial charge in [0.1, 0.15) is 5.57 Å². The van der Waals surface area contributed by atoms with Gasteiger partial charge in [0, 0.05) is 24.7 Å². The molecule has 0 aliphatic carbocycles. The molecular formula is C22H19F3N2O4S. The number of ketones is 1. The Bertz CT molecular complexity index is 1230. The van der Waals surface area contributed by atoms with E-state index in [4.69, 9.17) is 0 Å². The summed E-state index contributed by atoms with van der Waals surface area (Å²) in [7, 11) is -3.35. The molecule has 168 valence electrons. The largest absolute Gasteiger partial charge is 0.416 e. The molecule has 2 aromatic carbocycles. The summed E-state index contributed by atoms with van der Waals surface area (Å²) in [6, 6.07) is 10.2. The second kappa shape index (κ2) is 8.70. The standard InChI is InChI=1S/C22H19F3N2O4S/c1-13-19(15-4-3-5-16(10-15)22(23,24)25)20(28)18(12-26-13)21(29)27-11-14-6-8-17(9-7-14)32(2,30)31/h3-10,12,19H,11H2,1-2H3,(H,27,29). The molecule has 32 heavy (non-hydrogen) atoms. The number of alkyl halides is 3. The van der Waals surface area contributed by atoms with Gasteiger partial charge in [0.05, 0.1) is 16.4 Å². The van der Waals surface area contributed by atoms with Crippen molar-refractivity contribution in [2.24, 2.45) is 4.99 Å². The van der Waals surface area contributed by atoms with Crippen molar-refractivity contribution in [3.05, 3.63) is 77.0 Å². The predicted octanol–water partition coefficient (Wildman–Crippen LogP) is 3.44. The lowest BCUT2D eigenvalue weighted by Crippen LogP contribution is -2.34. The van der Waals surface area contributed by atoms with E-state index in [0.29, 0.717) is 5.56 Å². The Kier molecular flexibility index (Phi) is 6.36. The third-order valence-electron chi connectivity index (χ3n) is 4.94. The van der Waals surface area contributed by atoms with Crippen LogP contribution in [0.3, 0.4) is 0 Å².